The largest absolute Gasteiger partial charge is 0.494 e. The van der Waals surface area contributed by atoms with Gasteiger partial charge in [0.05, 0.1) is 6.61 Å². The molecule has 2 heteroatoms. The molecule has 0 unspecified atom stereocenters. The molecule has 1 aromatic rings. The van der Waals surface area contributed by atoms with Crippen LogP contribution in [0, 0.1) is 0 Å². The van der Waals surface area contributed by atoms with Gasteiger partial charge in [-0.25, -0.2) is 0 Å². The Morgan fingerprint density at radius 3 is 2.59 bits per heavy atom. The summed E-state index contributed by atoms with van der Waals surface area (Å²) in [5.74, 6) is 1.54. The number of aryl methyl sites for hydroxylation is 1. The Bertz CT molecular complexity index is 334. The van der Waals surface area contributed by atoms with Crippen molar-refractivity contribution >= 4 is 0 Å². The molecule has 0 fully saturated rings. The van der Waals surface area contributed by atoms with E-state index in [2.05, 4.69) is 32.0 Å². The average molecular weight is 235 g/mol. The molecule has 0 saturated heterocycles. The van der Waals surface area contributed by atoms with Crippen LogP contribution >= 0.6 is 0 Å². The third-order valence-electron chi connectivity index (χ3n) is 2.92. The van der Waals surface area contributed by atoms with Gasteiger partial charge in [-0.1, -0.05) is 26.0 Å². The summed E-state index contributed by atoms with van der Waals surface area (Å²) in [5, 5.41) is 0. The molecule has 0 amide bonds. The molecule has 96 valence electrons. The number of nitrogens with two attached hydrogens (primary N) is 1. The number of hydrogen-bond donors (Lipinski definition) is 1. The zero-order chi connectivity index (χ0) is 12.7. The van der Waals surface area contributed by atoms with Crippen molar-refractivity contribution in [3.63, 3.8) is 0 Å². The van der Waals surface area contributed by atoms with Gasteiger partial charge in [0.25, 0.3) is 0 Å². The van der Waals surface area contributed by atoms with Gasteiger partial charge in [-0.3, -0.25) is 0 Å². The molecule has 2 nitrogen and oxygen atoms in total. The lowest BCUT2D eigenvalue weighted by atomic mass is 9.97. The zero-order valence-electron chi connectivity index (χ0n) is 11.3. The van der Waals surface area contributed by atoms with Crippen molar-refractivity contribution in [2.75, 3.05) is 13.2 Å². The Balaban J connectivity index is 2.78. The Labute approximate surface area is 105 Å². The lowest BCUT2D eigenvalue weighted by molar-refractivity contribution is 0.335. The van der Waals surface area contributed by atoms with Crippen LogP contribution in [-0.4, -0.2) is 13.2 Å². The van der Waals surface area contributed by atoms with E-state index in [0.717, 1.165) is 31.7 Å². The molecular formula is C15H25NO. The van der Waals surface area contributed by atoms with Gasteiger partial charge in [0.15, 0.2) is 0 Å². The van der Waals surface area contributed by atoms with E-state index in [9.17, 15) is 0 Å². The monoisotopic (exact) mass is 235 g/mol. The first-order valence-electron chi connectivity index (χ1n) is 6.64. The van der Waals surface area contributed by atoms with Gasteiger partial charge >= 0.3 is 0 Å². The van der Waals surface area contributed by atoms with Crippen LogP contribution in [0.15, 0.2) is 18.2 Å². The molecule has 0 saturated carbocycles. The molecule has 1 aromatic carbocycles. The fraction of sp³-hybridized carbons (Fsp3) is 0.600. The number of ether oxygens (including phenoxy) is 1. The maximum atomic E-state index is 5.66. The van der Waals surface area contributed by atoms with Crippen molar-refractivity contribution in [1.82, 2.24) is 0 Å². The minimum atomic E-state index is 0.506. The van der Waals surface area contributed by atoms with Crippen LogP contribution in [0.2, 0.25) is 0 Å². The Morgan fingerprint density at radius 1 is 1.24 bits per heavy atom. The first kappa shape index (κ1) is 14.0. The van der Waals surface area contributed by atoms with E-state index in [1.807, 2.05) is 6.92 Å². The quantitative estimate of drug-likeness (QED) is 0.734. The van der Waals surface area contributed by atoms with Crippen LogP contribution in [0.3, 0.4) is 0 Å². The summed E-state index contributed by atoms with van der Waals surface area (Å²) in [6.07, 6.45) is 3.38. The first-order chi connectivity index (χ1) is 8.19. The molecule has 0 radical (unpaired) electrons. The standard InChI is InChI=1S/C15H25NO/c1-4-17-15-9-8-13(7-5-6-10-16)11-14(15)12(2)3/h8-9,11-12H,4-7,10,16H2,1-3H3. The molecule has 0 aromatic heterocycles. The highest BCUT2D eigenvalue weighted by Gasteiger charge is 2.08. The van der Waals surface area contributed by atoms with Crippen LogP contribution in [0.25, 0.3) is 0 Å². The Kier molecular flexibility index (Phi) is 6.06. The van der Waals surface area contributed by atoms with Gasteiger partial charge in [0.2, 0.25) is 0 Å². The highest BCUT2D eigenvalue weighted by Crippen LogP contribution is 2.28. The molecular weight excluding hydrogens is 210 g/mol. The van der Waals surface area contributed by atoms with Crippen LogP contribution in [0.1, 0.15) is 50.7 Å². The molecule has 0 spiro atoms. The summed E-state index contributed by atoms with van der Waals surface area (Å²) in [4.78, 5) is 0. The molecule has 2 N–H and O–H groups in total. The lowest BCUT2D eigenvalue weighted by Crippen LogP contribution is -2.01. The predicted octanol–water partition coefficient (Wildman–Crippen LogP) is 3.49. The molecule has 0 aliphatic heterocycles. The van der Waals surface area contributed by atoms with E-state index in [-0.39, 0.29) is 0 Å². The minimum absolute atomic E-state index is 0.506. The number of rotatable bonds is 7. The summed E-state index contributed by atoms with van der Waals surface area (Å²) in [5.41, 5.74) is 8.23. The van der Waals surface area contributed by atoms with Gasteiger partial charge in [0.1, 0.15) is 5.75 Å². The first-order valence-corrected chi connectivity index (χ1v) is 6.64. The van der Waals surface area contributed by atoms with Gasteiger partial charge in [0, 0.05) is 0 Å². The van der Waals surface area contributed by atoms with E-state index < -0.39 is 0 Å². The van der Waals surface area contributed by atoms with Gasteiger partial charge < -0.3 is 10.5 Å². The summed E-state index contributed by atoms with van der Waals surface area (Å²) in [6, 6.07) is 6.57. The molecule has 0 bridgehead atoms. The fourth-order valence-electron chi connectivity index (χ4n) is 1.97. The lowest BCUT2D eigenvalue weighted by Gasteiger charge is -2.14. The SMILES string of the molecule is CCOc1ccc(CCCCN)cc1C(C)C. The van der Waals surface area contributed by atoms with Crippen molar-refractivity contribution in [1.29, 1.82) is 0 Å². The second-order valence-electron chi connectivity index (χ2n) is 4.71. The van der Waals surface area contributed by atoms with E-state index in [1.165, 1.54) is 17.5 Å². The normalized spacial score (nSPS) is 10.9. The third kappa shape index (κ3) is 4.39. The van der Waals surface area contributed by atoms with Crippen molar-refractivity contribution in [2.45, 2.75) is 46.0 Å². The summed E-state index contributed by atoms with van der Waals surface area (Å²) < 4.78 is 5.66. The summed E-state index contributed by atoms with van der Waals surface area (Å²) in [7, 11) is 0. The predicted molar refractivity (Wildman–Crippen MR) is 73.7 cm³/mol. The van der Waals surface area contributed by atoms with Gasteiger partial charge in [-0.2, -0.15) is 0 Å². The van der Waals surface area contributed by atoms with E-state index >= 15 is 0 Å². The molecule has 0 heterocycles. The van der Waals surface area contributed by atoms with Gasteiger partial charge in [-0.15, -0.1) is 0 Å². The maximum absolute atomic E-state index is 5.66. The average Bonchev–Trinajstić information content (AvgIpc) is 2.31. The van der Waals surface area contributed by atoms with Crippen LogP contribution in [-0.2, 0) is 6.42 Å². The van der Waals surface area contributed by atoms with E-state index in [4.69, 9.17) is 10.5 Å². The number of benzene rings is 1. The van der Waals surface area contributed by atoms with E-state index in [1.54, 1.807) is 0 Å². The summed E-state index contributed by atoms with van der Waals surface area (Å²) in [6.45, 7) is 7.96. The van der Waals surface area contributed by atoms with Crippen molar-refractivity contribution < 1.29 is 4.74 Å². The summed E-state index contributed by atoms with van der Waals surface area (Å²) >= 11 is 0. The van der Waals surface area contributed by atoms with Gasteiger partial charge in [-0.05, 0) is 55.8 Å². The third-order valence-corrected chi connectivity index (χ3v) is 2.92. The maximum Gasteiger partial charge on any atom is 0.122 e. The van der Waals surface area contributed by atoms with Crippen molar-refractivity contribution in [3.05, 3.63) is 29.3 Å². The van der Waals surface area contributed by atoms with Crippen molar-refractivity contribution in [3.8, 4) is 5.75 Å². The fourth-order valence-corrected chi connectivity index (χ4v) is 1.97. The van der Waals surface area contributed by atoms with Crippen LogP contribution < -0.4 is 10.5 Å². The van der Waals surface area contributed by atoms with Crippen LogP contribution in [0.5, 0.6) is 5.75 Å². The molecule has 0 aliphatic rings. The van der Waals surface area contributed by atoms with Crippen LogP contribution in [0.4, 0.5) is 0 Å². The second kappa shape index (κ2) is 7.33. The number of unbranched alkanes of at least 4 members (excludes halogenated alkanes) is 1. The molecule has 0 aliphatic carbocycles. The Morgan fingerprint density at radius 2 is 2.00 bits per heavy atom. The van der Waals surface area contributed by atoms with Crippen molar-refractivity contribution in [2.24, 2.45) is 5.73 Å². The highest BCUT2D eigenvalue weighted by atomic mass is 16.5. The zero-order valence-corrected chi connectivity index (χ0v) is 11.3. The Hall–Kier alpha value is -1.02. The number of hydrogen-bond acceptors (Lipinski definition) is 2. The highest BCUT2D eigenvalue weighted by molar-refractivity contribution is 5.39. The topological polar surface area (TPSA) is 35.2 Å². The molecule has 1 rings (SSSR count). The second-order valence-corrected chi connectivity index (χ2v) is 4.71. The molecule has 17 heavy (non-hydrogen) atoms. The smallest absolute Gasteiger partial charge is 0.122 e. The van der Waals surface area contributed by atoms with E-state index in [0.29, 0.717) is 5.92 Å². The minimum Gasteiger partial charge on any atom is -0.494 e. The molecule has 0 atom stereocenters.